The number of ether oxygens (including phenoxy) is 2. The van der Waals surface area contributed by atoms with Gasteiger partial charge in [0.05, 0.1) is 6.33 Å². The third kappa shape index (κ3) is 5.18. The molecule has 1 unspecified atom stereocenters. The van der Waals surface area contributed by atoms with Crippen LogP contribution in [0.25, 0.3) is 22.4 Å². The molecule has 1 amide bonds. The first-order valence-corrected chi connectivity index (χ1v) is 10.4. The summed E-state index contributed by atoms with van der Waals surface area (Å²) >= 11 is 0. The number of rotatable bonds is 3. The van der Waals surface area contributed by atoms with Gasteiger partial charge in [-0.05, 0) is 51.5 Å². The van der Waals surface area contributed by atoms with Crippen LogP contribution in [0.4, 0.5) is 18.0 Å². The molecule has 8 nitrogen and oxygen atoms in total. The van der Waals surface area contributed by atoms with E-state index in [0.29, 0.717) is 47.8 Å². The summed E-state index contributed by atoms with van der Waals surface area (Å²) in [4.78, 5) is 27.8. The molecule has 0 radical (unpaired) electrons. The van der Waals surface area contributed by atoms with Gasteiger partial charge >= 0.3 is 12.5 Å². The lowest BCUT2D eigenvalue weighted by atomic mass is 10.1. The maximum absolute atomic E-state index is 12.5. The summed E-state index contributed by atoms with van der Waals surface area (Å²) in [6, 6.07) is 5.48. The van der Waals surface area contributed by atoms with Crippen molar-refractivity contribution in [1.29, 1.82) is 0 Å². The highest BCUT2D eigenvalue weighted by Crippen LogP contribution is 2.32. The minimum atomic E-state index is -4.76. The minimum absolute atomic E-state index is 0.108. The molecule has 1 atom stereocenters. The average molecular weight is 463 g/mol. The second-order valence-electron chi connectivity index (χ2n) is 8.94. The largest absolute Gasteiger partial charge is 0.573 e. The molecule has 4 rings (SSSR count). The van der Waals surface area contributed by atoms with E-state index in [-0.39, 0.29) is 17.8 Å². The van der Waals surface area contributed by atoms with E-state index >= 15 is 0 Å². The van der Waals surface area contributed by atoms with E-state index in [4.69, 9.17) is 9.72 Å². The van der Waals surface area contributed by atoms with Crippen LogP contribution < -0.4 is 4.74 Å². The Bertz CT molecular complexity index is 1170. The number of carbonyl (C=O) groups excluding carboxylic acids is 1. The number of nitrogens with zero attached hydrogens (tertiary/aromatic N) is 5. The number of imidazole rings is 1. The molecule has 0 saturated carbocycles. The number of carbonyl (C=O) groups is 1. The molecule has 3 heterocycles. The van der Waals surface area contributed by atoms with Crippen molar-refractivity contribution < 1.29 is 27.4 Å². The van der Waals surface area contributed by atoms with Crippen molar-refractivity contribution in [3.63, 3.8) is 0 Å². The smallest absolute Gasteiger partial charge is 0.444 e. The fourth-order valence-corrected chi connectivity index (χ4v) is 3.69. The highest BCUT2D eigenvalue weighted by atomic mass is 19.4. The number of hydrogen-bond acceptors (Lipinski definition) is 6. The third-order valence-electron chi connectivity index (χ3n) is 5.14. The first-order chi connectivity index (χ1) is 15.4. The van der Waals surface area contributed by atoms with Crippen LogP contribution in [0.2, 0.25) is 0 Å². The van der Waals surface area contributed by atoms with Crippen molar-refractivity contribution in [1.82, 2.24) is 24.4 Å². The molecular formula is C22H24F3N5O3. The van der Waals surface area contributed by atoms with Crippen molar-refractivity contribution in [2.75, 3.05) is 13.1 Å². The van der Waals surface area contributed by atoms with Gasteiger partial charge in [-0.3, -0.25) is 0 Å². The molecular weight excluding hydrogens is 439 g/mol. The van der Waals surface area contributed by atoms with Crippen LogP contribution in [-0.4, -0.2) is 55.6 Å². The topological polar surface area (TPSA) is 82.4 Å². The van der Waals surface area contributed by atoms with Gasteiger partial charge in [-0.1, -0.05) is 0 Å². The van der Waals surface area contributed by atoms with Gasteiger partial charge in [-0.2, -0.15) is 0 Å². The average Bonchev–Trinajstić information content (AvgIpc) is 3.33. The molecule has 1 aliphatic heterocycles. The Balaban J connectivity index is 1.64. The van der Waals surface area contributed by atoms with Gasteiger partial charge in [0.1, 0.15) is 28.4 Å². The Morgan fingerprint density at radius 3 is 2.45 bits per heavy atom. The molecule has 33 heavy (non-hydrogen) atoms. The highest BCUT2D eigenvalue weighted by Gasteiger charge is 2.33. The van der Waals surface area contributed by atoms with E-state index in [2.05, 4.69) is 14.7 Å². The van der Waals surface area contributed by atoms with E-state index in [1.54, 1.807) is 22.8 Å². The highest BCUT2D eigenvalue weighted by molar-refractivity contribution is 5.87. The number of likely N-dealkylation sites (tertiary alicyclic amines) is 1. The number of aryl methyl sites for hydroxylation is 1. The number of fused-ring (bicyclic) bond motifs is 1. The van der Waals surface area contributed by atoms with Crippen LogP contribution in [0.3, 0.4) is 0 Å². The van der Waals surface area contributed by atoms with Crippen molar-refractivity contribution in [2.45, 2.75) is 45.1 Å². The Morgan fingerprint density at radius 2 is 1.82 bits per heavy atom. The number of amides is 1. The zero-order valence-electron chi connectivity index (χ0n) is 18.7. The van der Waals surface area contributed by atoms with Crippen LogP contribution in [0.1, 0.15) is 38.9 Å². The quantitative estimate of drug-likeness (QED) is 0.562. The molecule has 2 aromatic heterocycles. The predicted molar refractivity (Wildman–Crippen MR) is 114 cm³/mol. The summed E-state index contributed by atoms with van der Waals surface area (Å²) in [5.74, 6) is 0.118. The summed E-state index contributed by atoms with van der Waals surface area (Å²) in [6.07, 6.45) is -2.87. The molecule has 0 aliphatic carbocycles. The number of aromatic nitrogens is 4. The van der Waals surface area contributed by atoms with E-state index in [1.165, 1.54) is 24.3 Å². The van der Waals surface area contributed by atoms with Crippen LogP contribution in [0, 0.1) is 0 Å². The van der Waals surface area contributed by atoms with Gasteiger partial charge in [0.2, 0.25) is 0 Å². The second kappa shape index (κ2) is 8.20. The monoisotopic (exact) mass is 463 g/mol. The molecule has 1 aliphatic rings. The molecule has 0 bridgehead atoms. The molecule has 1 aromatic carbocycles. The van der Waals surface area contributed by atoms with Gasteiger partial charge in [0, 0.05) is 31.6 Å². The van der Waals surface area contributed by atoms with E-state index < -0.39 is 12.0 Å². The lowest BCUT2D eigenvalue weighted by molar-refractivity contribution is -0.274. The SMILES string of the molecule is Cn1cnc2c(-c3ccc(OC(F)(F)F)cc3)nc(C3CCN(C(=O)OC(C)(C)C)C3)nc21. The molecule has 1 fully saturated rings. The van der Waals surface area contributed by atoms with Crippen LogP contribution in [0.15, 0.2) is 30.6 Å². The molecule has 11 heteroatoms. The van der Waals surface area contributed by atoms with Crippen molar-refractivity contribution in [2.24, 2.45) is 7.05 Å². The van der Waals surface area contributed by atoms with Crippen molar-refractivity contribution >= 4 is 17.3 Å². The van der Waals surface area contributed by atoms with Gasteiger partial charge in [0.15, 0.2) is 5.65 Å². The molecule has 3 aromatic rings. The molecule has 0 spiro atoms. The fourth-order valence-electron chi connectivity index (χ4n) is 3.69. The zero-order valence-corrected chi connectivity index (χ0v) is 18.7. The maximum Gasteiger partial charge on any atom is 0.573 e. The summed E-state index contributed by atoms with van der Waals surface area (Å²) < 4.78 is 48.6. The van der Waals surface area contributed by atoms with E-state index in [1.807, 2.05) is 20.8 Å². The molecule has 1 saturated heterocycles. The molecule has 176 valence electrons. The van der Waals surface area contributed by atoms with Crippen LogP contribution >= 0.6 is 0 Å². The van der Waals surface area contributed by atoms with E-state index in [0.717, 1.165) is 0 Å². The minimum Gasteiger partial charge on any atom is -0.444 e. The Hall–Kier alpha value is -3.37. The lowest BCUT2D eigenvalue weighted by Crippen LogP contribution is -2.35. The zero-order chi connectivity index (χ0) is 24.0. The first-order valence-electron chi connectivity index (χ1n) is 10.4. The van der Waals surface area contributed by atoms with Crippen LogP contribution in [0.5, 0.6) is 5.75 Å². The normalized spacial score (nSPS) is 16.9. The Morgan fingerprint density at radius 1 is 1.12 bits per heavy atom. The van der Waals surface area contributed by atoms with E-state index in [9.17, 15) is 18.0 Å². The number of benzene rings is 1. The Kier molecular flexibility index (Phi) is 5.67. The number of halogens is 3. The number of alkyl halides is 3. The van der Waals surface area contributed by atoms with Crippen molar-refractivity contribution in [3.05, 3.63) is 36.4 Å². The summed E-state index contributed by atoms with van der Waals surface area (Å²) in [6.45, 7) is 6.38. The van der Waals surface area contributed by atoms with Crippen molar-refractivity contribution in [3.8, 4) is 17.0 Å². The fraction of sp³-hybridized carbons (Fsp3) is 0.455. The summed E-state index contributed by atoms with van der Waals surface area (Å²) in [5, 5.41) is 0. The summed E-state index contributed by atoms with van der Waals surface area (Å²) in [5.41, 5.74) is 1.63. The lowest BCUT2D eigenvalue weighted by Gasteiger charge is -2.24. The van der Waals surface area contributed by atoms with Gasteiger partial charge < -0.3 is 18.9 Å². The predicted octanol–water partition coefficient (Wildman–Crippen LogP) is 4.65. The molecule has 0 N–H and O–H groups in total. The van der Waals surface area contributed by atoms with Crippen LogP contribution in [-0.2, 0) is 11.8 Å². The first kappa shape index (κ1) is 22.8. The standard InChI is InChI=1S/C22H24F3N5O3/c1-21(2,3)33-20(31)30-10-9-14(11-30)18-27-16(17-19(28-18)29(4)12-26-17)13-5-7-15(8-6-13)32-22(23,24)25/h5-8,12,14H,9-11H2,1-4H3. The second-order valence-corrected chi connectivity index (χ2v) is 8.94. The maximum atomic E-state index is 12.5. The number of hydrogen-bond donors (Lipinski definition) is 0. The van der Waals surface area contributed by atoms with Gasteiger partial charge in [0.25, 0.3) is 0 Å². The third-order valence-corrected chi connectivity index (χ3v) is 5.14. The van der Waals surface area contributed by atoms with Gasteiger partial charge in [-0.15, -0.1) is 13.2 Å². The Labute approximate surface area is 188 Å². The van der Waals surface area contributed by atoms with Gasteiger partial charge in [-0.25, -0.2) is 19.7 Å². The summed E-state index contributed by atoms with van der Waals surface area (Å²) in [7, 11) is 1.80.